The first-order chi connectivity index (χ1) is 8.70. The molecule has 4 heteroatoms. The zero-order chi connectivity index (χ0) is 13.0. The fraction of sp³-hybridized carbons (Fsp3) is 0.357. The number of hydrogen-bond donors (Lipinski definition) is 1. The smallest absolute Gasteiger partial charge is 0.134 e. The first-order valence-electron chi connectivity index (χ1n) is 6.13. The maximum Gasteiger partial charge on any atom is 0.134 e. The Kier molecular flexibility index (Phi) is 3.99. The van der Waals surface area contributed by atoms with Crippen molar-refractivity contribution in [1.29, 1.82) is 0 Å². The predicted octanol–water partition coefficient (Wildman–Crippen LogP) is 1.58. The lowest BCUT2D eigenvalue weighted by molar-refractivity contribution is 0.842. The molecular formula is C14H18N4. The zero-order valence-corrected chi connectivity index (χ0v) is 10.8. The van der Waals surface area contributed by atoms with Crippen molar-refractivity contribution in [1.82, 2.24) is 15.0 Å². The Bertz CT molecular complexity index is 500. The Balaban J connectivity index is 2.25. The third-order valence-electron chi connectivity index (χ3n) is 2.93. The highest BCUT2D eigenvalue weighted by atomic mass is 14.9. The van der Waals surface area contributed by atoms with Crippen molar-refractivity contribution in [3.8, 4) is 0 Å². The van der Waals surface area contributed by atoms with Crippen LogP contribution in [0.4, 0.5) is 0 Å². The first-order valence-corrected chi connectivity index (χ1v) is 6.13. The van der Waals surface area contributed by atoms with Crippen LogP contribution in [0.5, 0.6) is 0 Å². The molecule has 0 unspecified atom stereocenters. The highest BCUT2D eigenvalue weighted by molar-refractivity contribution is 5.25. The van der Waals surface area contributed by atoms with Crippen LogP contribution < -0.4 is 5.73 Å². The summed E-state index contributed by atoms with van der Waals surface area (Å²) in [7, 11) is 0. The molecule has 0 saturated heterocycles. The SMILES string of the molecule is Cc1nc(Cc2ccccn2)nc(C)c1CCN. The standard InChI is InChI=1S/C14H18N4/c1-10-13(6-7-15)11(2)18-14(17-10)9-12-5-3-4-8-16-12/h3-5,8H,6-7,9,15H2,1-2H3. The first kappa shape index (κ1) is 12.6. The lowest BCUT2D eigenvalue weighted by Gasteiger charge is -2.09. The van der Waals surface area contributed by atoms with E-state index in [4.69, 9.17) is 5.73 Å². The number of rotatable bonds is 4. The van der Waals surface area contributed by atoms with E-state index in [0.29, 0.717) is 13.0 Å². The van der Waals surface area contributed by atoms with Crippen LogP contribution in [0.3, 0.4) is 0 Å². The van der Waals surface area contributed by atoms with E-state index >= 15 is 0 Å². The van der Waals surface area contributed by atoms with Crippen molar-refractivity contribution in [3.63, 3.8) is 0 Å². The number of aromatic nitrogens is 3. The van der Waals surface area contributed by atoms with Gasteiger partial charge in [0.25, 0.3) is 0 Å². The molecular weight excluding hydrogens is 224 g/mol. The summed E-state index contributed by atoms with van der Waals surface area (Å²) in [6.45, 7) is 4.66. The van der Waals surface area contributed by atoms with Gasteiger partial charge in [-0.25, -0.2) is 9.97 Å². The van der Waals surface area contributed by atoms with Gasteiger partial charge in [0.2, 0.25) is 0 Å². The molecule has 0 fully saturated rings. The highest BCUT2D eigenvalue weighted by Gasteiger charge is 2.08. The molecule has 0 amide bonds. The average molecular weight is 242 g/mol. The van der Waals surface area contributed by atoms with Crippen LogP contribution in [0.25, 0.3) is 0 Å². The average Bonchev–Trinajstić information content (AvgIpc) is 2.35. The van der Waals surface area contributed by atoms with E-state index in [0.717, 1.165) is 29.3 Å². The Morgan fingerprint density at radius 3 is 2.39 bits per heavy atom. The number of pyridine rings is 1. The van der Waals surface area contributed by atoms with E-state index in [1.54, 1.807) is 6.20 Å². The molecule has 0 spiro atoms. The van der Waals surface area contributed by atoms with Gasteiger partial charge in [-0.3, -0.25) is 4.98 Å². The maximum atomic E-state index is 5.59. The fourth-order valence-corrected chi connectivity index (χ4v) is 2.06. The van der Waals surface area contributed by atoms with Crippen LogP contribution in [0, 0.1) is 13.8 Å². The Morgan fingerprint density at radius 2 is 1.83 bits per heavy atom. The molecule has 0 bridgehead atoms. The van der Waals surface area contributed by atoms with Crippen LogP contribution >= 0.6 is 0 Å². The fourth-order valence-electron chi connectivity index (χ4n) is 2.06. The second kappa shape index (κ2) is 5.69. The van der Waals surface area contributed by atoms with Crippen LogP contribution in [0.1, 0.15) is 28.5 Å². The Labute approximate surface area is 107 Å². The molecule has 2 heterocycles. The van der Waals surface area contributed by atoms with Crippen LogP contribution in [-0.2, 0) is 12.8 Å². The van der Waals surface area contributed by atoms with E-state index in [1.807, 2.05) is 32.0 Å². The molecule has 0 atom stereocenters. The summed E-state index contributed by atoms with van der Waals surface area (Å²) in [6, 6.07) is 5.87. The van der Waals surface area contributed by atoms with E-state index in [-0.39, 0.29) is 0 Å². The normalized spacial score (nSPS) is 10.6. The summed E-state index contributed by atoms with van der Waals surface area (Å²) in [5.41, 5.74) is 9.81. The van der Waals surface area contributed by atoms with Gasteiger partial charge >= 0.3 is 0 Å². The summed E-state index contributed by atoms with van der Waals surface area (Å²) >= 11 is 0. The van der Waals surface area contributed by atoms with Gasteiger partial charge in [0.05, 0.1) is 6.42 Å². The van der Waals surface area contributed by atoms with Crippen molar-refractivity contribution in [3.05, 3.63) is 52.9 Å². The summed E-state index contributed by atoms with van der Waals surface area (Å²) < 4.78 is 0. The molecule has 2 rings (SSSR count). The lowest BCUT2D eigenvalue weighted by atomic mass is 10.1. The third kappa shape index (κ3) is 2.90. The minimum absolute atomic E-state index is 0.630. The molecule has 94 valence electrons. The minimum Gasteiger partial charge on any atom is -0.330 e. The Hall–Kier alpha value is -1.81. The predicted molar refractivity (Wildman–Crippen MR) is 71.3 cm³/mol. The van der Waals surface area contributed by atoms with E-state index in [1.165, 1.54) is 5.56 Å². The molecule has 18 heavy (non-hydrogen) atoms. The molecule has 4 nitrogen and oxygen atoms in total. The van der Waals surface area contributed by atoms with E-state index < -0.39 is 0 Å². The second-order valence-electron chi connectivity index (χ2n) is 4.33. The number of aryl methyl sites for hydroxylation is 2. The monoisotopic (exact) mass is 242 g/mol. The van der Waals surface area contributed by atoms with Gasteiger partial charge < -0.3 is 5.73 Å². The zero-order valence-electron chi connectivity index (χ0n) is 10.8. The molecule has 0 saturated carbocycles. The molecule has 2 aromatic heterocycles. The van der Waals surface area contributed by atoms with Crippen LogP contribution in [0.15, 0.2) is 24.4 Å². The summed E-state index contributed by atoms with van der Waals surface area (Å²) in [4.78, 5) is 13.4. The molecule has 2 N–H and O–H groups in total. The Morgan fingerprint density at radius 1 is 1.11 bits per heavy atom. The molecule has 0 radical (unpaired) electrons. The van der Waals surface area contributed by atoms with Crippen molar-refractivity contribution in [2.45, 2.75) is 26.7 Å². The molecule has 0 aliphatic carbocycles. The van der Waals surface area contributed by atoms with Gasteiger partial charge in [-0.15, -0.1) is 0 Å². The molecule has 0 aliphatic rings. The largest absolute Gasteiger partial charge is 0.330 e. The number of nitrogens with zero attached hydrogens (tertiary/aromatic N) is 3. The van der Waals surface area contributed by atoms with E-state index in [9.17, 15) is 0 Å². The van der Waals surface area contributed by atoms with Gasteiger partial charge in [-0.05, 0) is 44.5 Å². The summed E-state index contributed by atoms with van der Waals surface area (Å²) in [5, 5.41) is 0. The summed E-state index contributed by atoms with van der Waals surface area (Å²) in [6.07, 6.45) is 3.30. The quantitative estimate of drug-likeness (QED) is 0.884. The van der Waals surface area contributed by atoms with Gasteiger partial charge in [-0.1, -0.05) is 6.07 Å². The van der Waals surface area contributed by atoms with Gasteiger partial charge in [0, 0.05) is 23.3 Å². The van der Waals surface area contributed by atoms with Crippen molar-refractivity contribution < 1.29 is 0 Å². The topological polar surface area (TPSA) is 64.7 Å². The molecule has 0 aromatic carbocycles. The summed E-state index contributed by atoms with van der Waals surface area (Å²) in [5.74, 6) is 0.824. The van der Waals surface area contributed by atoms with Gasteiger partial charge in [0.1, 0.15) is 5.82 Å². The molecule has 0 aliphatic heterocycles. The highest BCUT2D eigenvalue weighted by Crippen LogP contribution is 2.12. The number of nitrogens with two attached hydrogens (primary N) is 1. The van der Waals surface area contributed by atoms with E-state index in [2.05, 4.69) is 15.0 Å². The number of hydrogen-bond acceptors (Lipinski definition) is 4. The third-order valence-corrected chi connectivity index (χ3v) is 2.93. The van der Waals surface area contributed by atoms with Crippen LogP contribution in [0.2, 0.25) is 0 Å². The van der Waals surface area contributed by atoms with Gasteiger partial charge in [0.15, 0.2) is 0 Å². The van der Waals surface area contributed by atoms with Crippen molar-refractivity contribution in [2.75, 3.05) is 6.54 Å². The van der Waals surface area contributed by atoms with Crippen LogP contribution in [-0.4, -0.2) is 21.5 Å². The second-order valence-corrected chi connectivity index (χ2v) is 4.33. The lowest BCUT2D eigenvalue weighted by Crippen LogP contribution is -2.11. The van der Waals surface area contributed by atoms with Crippen molar-refractivity contribution >= 4 is 0 Å². The van der Waals surface area contributed by atoms with Gasteiger partial charge in [-0.2, -0.15) is 0 Å². The molecule has 2 aromatic rings. The minimum atomic E-state index is 0.630. The maximum absolute atomic E-state index is 5.59. The van der Waals surface area contributed by atoms with Crippen molar-refractivity contribution in [2.24, 2.45) is 5.73 Å².